The number of rotatable bonds is 1. The molecule has 0 aliphatic heterocycles. The Hall–Kier alpha value is -2.02. The Bertz CT molecular complexity index is 444. The van der Waals surface area contributed by atoms with E-state index in [0.29, 0.717) is 5.69 Å². The molecule has 0 saturated heterocycles. The van der Waals surface area contributed by atoms with Gasteiger partial charge in [-0.25, -0.2) is 0 Å². The molecule has 0 aliphatic rings. The summed E-state index contributed by atoms with van der Waals surface area (Å²) in [5.41, 5.74) is 2.32. The molecule has 0 fully saturated rings. The summed E-state index contributed by atoms with van der Waals surface area (Å²) in [6, 6.07) is 7.61. The van der Waals surface area contributed by atoms with Crippen molar-refractivity contribution in [2.75, 3.05) is 0 Å². The van der Waals surface area contributed by atoms with Crippen LogP contribution < -0.4 is 0 Å². The summed E-state index contributed by atoms with van der Waals surface area (Å²) in [6.45, 7) is 0. The lowest BCUT2D eigenvalue weighted by Gasteiger charge is -1.96. The molecule has 2 heterocycles. The van der Waals surface area contributed by atoms with Gasteiger partial charge in [0.2, 0.25) is 0 Å². The third-order valence-electron chi connectivity index (χ3n) is 1.87. The summed E-state index contributed by atoms with van der Waals surface area (Å²) < 4.78 is 1.68. The number of hydrogen-bond acceptors (Lipinski definition) is 2. The first-order valence-electron chi connectivity index (χ1n) is 3.89. The molecule has 0 spiro atoms. The molecular weight excluding hydrogens is 164 g/mol. The van der Waals surface area contributed by atoms with E-state index in [1.165, 1.54) is 0 Å². The maximum Gasteiger partial charge on any atom is 0.163 e. The Labute approximate surface area is 75.4 Å². The Morgan fingerprint density at radius 2 is 2.46 bits per heavy atom. The monoisotopic (exact) mass is 172 g/mol. The van der Waals surface area contributed by atoms with E-state index in [1.54, 1.807) is 10.7 Å². The molecule has 0 aliphatic carbocycles. The predicted octanol–water partition coefficient (Wildman–Crippen LogP) is 1.29. The van der Waals surface area contributed by atoms with Crippen LogP contribution in [-0.4, -0.2) is 14.8 Å². The number of nitrogens with one attached hydrogen (secondary N) is 1. The molecule has 13 heavy (non-hydrogen) atoms. The molecule has 0 unspecified atom stereocenters. The lowest BCUT2D eigenvalue weighted by molar-refractivity contribution is 0.769. The Kier molecular flexibility index (Phi) is 1.64. The number of hydrogen-bond donors (Lipinski definition) is 1. The highest BCUT2D eigenvalue weighted by Gasteiger charge is 2.06. The maximum absolute atomic E-state index is 8.64. The molecular formula is C9H8N4. The van der Waals surface area contributed by atoms with Crippen molar-refractivity contribution in [2.24, 2.45) is 7.05 Å². The van der Waals surface area contributed by atoms with Gasteiger partial charge in [0.25, 0.3) is 0 Å². The fourth-order valence-electron chi connectivity index (χ4n) is 1.26. The second-order valence-electron chi connectivity index (χ2n) is 2.73. The van der Waals surface area contributed by atoms with Crippen molar-refractivity contribution >= 4 is 0 Å². The zero-order valence-electron chi connectivity index (χ0n) is 7.15. The van der Waals surface area contributed by atoms with Gasteiger partial charge >= 0.3 is 0 Å². The van der Waals surface area contributed by atoms with Gasteiger partial charge in [0, 0.05) is 19.3 Å². The van der Waals surface area contributed by atoms with Crippen LogP contribution in [0.25, 0.3) is 11.4 Å². The van der Waals surface area contributed by atoms with Crippen molar-refractivity contribution in [1.29, 1.82) is 5.26 Å². The van der Waals surface area contributed by atoms with Gasteiger partial charge in [0.05, 0.1) is 11.4 Å². The highest BCUT2D eigenvalue weighted by atomic mass is 15.3. The normalized spacial score (nSPS) is 9.85. The van der Waals surface area contributed by atoms with E-state index in [2.05, 4.69) is 10.1 Å². The molecule has 0 saturated carbocycles. The highest BCUT2D eigenvalue weighted by Crippen LogP contribution is 2.16. The SMILES string of the molecule is Cn1nc(C#N)cc1-c1ccc[nH]1. The van der Waals surface area contributed by atoms with Gasteiger partial charge in [-0.05, 0) is 12.1 Å². The number of aryl methyl sites for hydroxylation is 1. The van der Waals surface area contributed by atoms with Crippen LogP contribution in [-0.2, 0) is 7.05 Å². The van der Waals surface area contributed by atoms with Gasteiger partial charge in [-0.15, -0.1) is 0 Å². The quantitative estimate of drug-likeness (QED) is 0.704. The van der Waals surface area contributed by atoms with Gasteiger partial charge in [-0.3, -0.25) is 4.68 Å². The van der Waals surface area contributed by atoms with Crippen molar-refractivity contribution in [3.63, 3.8) is 0 Å². The average Bonchev–Trinajstić information content (AvgIpc) is 2.72. The number of aromatic nitrogens is 3. The van der Waals surface area contributed by atoms with Crippen LogP contribution in [0.5, 0.6) is 0 Å². The van der Waals surface area contributed by atoms with Crippen LogP contribution in [0.1, 0.15) is 5.69 Å². The standard InChI is InChI=1S/C9H8N4/c1-13-9(5-7(6-10)12-13)8-3-2-4-11-8/h2-5,11H,1H3. The van der Waals surface area contributed by atoms with Crippen LogP contribution in [0.3, 0.4) is 0 Å². The molecule has 2 aromatic heterocycles. The van der Waals surface area contributed by atoms with Crippen LogP contribution in [0, 0.1) is 11.3 Å². The van der Waals surface area contributed by atoms with Crippen molar-refractivity contribution in [3.8, 4) is 17.5 Å². The van der Waals surface area contributed by atoms with E-state index >= 15 is 0 Å². The van der Waals surface area contributed by atoms with Gasteiger partial charge in [-0.2, -0.15) is 10.4 Å². The van der Waals surface area contributed by atoms with E-state index in [1.807, 2.05) is 31.4 Å². The summed E-state index contributed by atoms with van der Waals surface area (Å²) >= 11 is 0. The van der Waals surface area contributed by atoms with E-state index in [-0.39, 0.29) is 0 Å². The number of nitrogens with zero attached hydrogens (tertiary/aromatic N) is 3. The predicted molar refractivity (Wildman–Crippen MR) is 47.7 cm³/mol. The van der Waals surface area contributed by atoms with Crippen LogP contribution in [0.2, 0.25) is 0 Å². The molecule has 0 amide bonds. The molecule has 2 aromatic rings. The van der Waals surface area contributed by atoms with Gasteiger partial charge in [0.15, 0.2) is 5.69 Å². The largest absolute Gasteiger partial charge is 0.360 e. The van der Waals surface area contributed by atoms with Crippen molar-refractivity contribution in [1.82, 2.24) is 14.8 Å². The molecule has 0 atom stereocenters. The molecule has 4 heteroatoms. The maximum atomic E-state index is 8.64. The van der Waals surface area contributed by atoms with Crippen LogP contribution in [0.4, 0.5) is 0 Å². The van der Waals surface area contributed by atoms with E-state index < -0.39 is 0 Å². The zero-order valence-corrected chi connectivity index (χ0v) is 7.15. The first-order valence-corrected chi connectivity index (χ1v) is 3.89. The summed E-state index contributed by atoms with van der Waals surface area (Å²) in [7, 11) is 1.82. The summed E-state index contributed by atoms with van der Waals surface area (Å²) in [6.07, 6.45) is 1.84. The Morgan fingerprint density at radius 1 is 1.62 bits per heavy atom. The van der Waals surface area contributed by atoms with Gasteiger partial charge in [0.1, 0.15) is 6.07 Å². The molecule has 64 valence electrons. The lowest BCUT2D eigenvalue weighted by atomic mass is 10.3. The Balaban J connectivity index is 2.54. The summed E-state index contributed by atoms with van der Waals surface area (Å²) in [4.78, 5) is 3.06. The molecule has 0 aromatic carbocycles. The fourth-order valence-corrected chi connectivity index (χ4v) is 1.26. The fraction of sp³-hybridized carbons (Fsp3) is 0.111. The number of nitriles is 1. The highest BCUT2D eigenvalue weighted by molar-refractivity contribution is 5.56. The van der Waals surface area contributed by atoms with Gasteiger partial charge < -0.3 is 4.98 Å². The second-order valence-corrected chi connectivity index (χ2v) is 2.73. The summed E-state index contributed by atoms with van der Waals surface area (Å²) in [5, 5.41) is 12.7. The molecule has 0 bridgehead atoms. The Morgan fingerprint density at radius 3 is 3.00 bits per heavy atom. The minimum atomic E-state index is 0.437. The lowest BCUT2D eigenvalue weighted by Crippen LogP contribution is -1.93. The third-order valence-corrected chi connectivity index (χ3v) is 1.87. The van der Waals surface area contributed by atoms with E-state index in [0.717, 1.165) is 11.4 Å². The van der Waals surface area contributed by atoms with Crippen molar-refractivity contribution < 1.29 is 0 Å². The molecule has 4 nitrogen and oxygen atoms in total. The minimum absolute atomic E-state index is 0.437. The van der Waals surface area contributed by atoms with Gasteiger partial charge in [-0.1, -0.05) is 0 Å². The molecule has 1 N–H and O–H groups in total. The zero-order chi connectivity index (χ0) is 9.26. The first kappa shape index (κ1) is 7.62. The minimum Gasteiger partial charge on any atom is -0.360 e. The van der Waals surface area contributed by atoms with Crippen molar-refractivity contribution in [2.45, 2.75) is 0 Å². The summed E-state index contributed by atoms with van der Waals surface area (Å²) in [5.74, 6) is 0. The van der Waals surface area contributed by atoms with E-state index in [4.69, 9.17) is 5.26 Å². The third kappa shape index (κ3) is 1.20. The second kappa shape index (κ2) is 2.79. The smallest absolute Gasteiger partial charge is 0.163 e. The topological polar surface area (TPSA) is 57.4 Å². The average molecular weight is 172 g/mol. The molecule has 0 radical (unpaired) electrons. The number of aromatic amines is 1. The molecule has 2 rings (SSSR count). The van der Waals surface area contributed by atoms with Crippen LogP contribution >= 0.6 is 0 Å². The first-order chi connectivity index (χ1) is 6.31. The van der Waals surface area contributed by atoms with E-state index in [9.17, 15) is 0 Å². The van der Waals surface area contributed by atoms with Crippen LogP contribution in [0.15, 0.2) is 24.4 Å². The van der Waals surface area contributed by atoms with Crippen molar-refractivity contribution in [3.05, 3.63) is 30.1 Å². The number of H-pyrrole nitrogens is 1.